The molecule has 1 aliphatic rings. The van der Waals surface area contributed by atoms with Crippen molar-refractivity contribution in [3.8, 4) is 0 Å². The summed E-state index contributed by atoms with van der Waals surface area (Å²) in [5, 5.41) is 9.73. The molecule has 0 saturated heterocycles. The number of hydrogen-bond donors (Lipinski definition) is 1. The lowest BCUT2D eigenvalue weighted by atomic mass is 9.71. The number of Topliss-reactive ketones (excluding diaryl/α,β-unsaturated/α-hetero) is 1. The second-order valence-corrected chi connectivity index (χ2v) is 5.75. The lowest BCUT2D eigenvalue weighted by molar-refractivity contribution is -0.125. The summed E-state index contributed by atoms with van der Waals surface area (Å²) in [6.45, 7) is 7.85. The third-order valence-corrected chi connectivity index (χ3v) is 3.58. The number of aliphatic hydroxyl groups excluding tert-OH is 1. The van der Waals surface area contributed by atoms with Crippen LogP contribution in [0.1, 0.15) is 34.1 Å². The van der Waals surface area contributed by atoms with Gasteiger partial charge in [-0.3, -0.25) is 4.79 Å². The zero-order chi connectivity index (χ0) is 13.9. The Bertz CT molecular complexity index is 428. The average molecular weight is 269 g/mol. The molecule has 0 heterocycles. The third kappa shape index (κ3) is 3.33. The molecule has 0 radical (unpaired) electrons. The molecule has 0 aromatic rings. The summed E-state index contributed by atoms with van der Waals surface area (Å²) in [5.41, 5.74) is 2.54. The molecule has 1 N–H and O–H groups in total. The van der Waals surface area contributed by atoms with E-state index in [1.165, 1.54) is 0 Å². The first-order chi connectivity index (χ1) is 8.29. The van der Waals surface area contributed by atoms with Crippen molar-refractivity contribution < 1.29 is 9.90 Å². The van der Waals surface area contributed by atoms with Gasteiger partial charge in [-0.05, 0) is 36.8 Å². The van der Waals surface area contributed by atoms with Crippen molar-refractivity contribution in [2.24, 2.45) is 5.41 Å². The van der Waals surface area contributed by atoms with Crippen molar-refractivity contribution in [2.45, 2.75) is 40.2 Å². The lowest BCUT2D eigenvalue weighted by Gasteiger charge is -2.34. The van der Waals surface area contributed by atoms with Gasteiger partial charge in [0.15, 0.2) is 5.78 Å². The van der Waals surface area contributed by atoms with Crippen molar-refractivity contribution >= 4 is 17.4 Å². The normalized spacial score (nSPS) is 25.1. The molecule has 0 spiro atoms. The Morgan fingerprint density at radius 3 is 2.72 bits per heavy atom. The van der Waals surface area contributed by atoms with Crippen molar-refractivity contribution in [1.82, 2.24) is 0 Å². The Morgan fingerprint density at radius 2 is 2.17 bits per heavy atom. The summed E-state index contributed by atoms with van der Waals surface area (Å²) >= 11 is 5.64. The van der Waals surface area contributed by atoms with Crippen LogP contribution in [0, 0.1) is 5.41 Å². The fourth-order valence-electron chi connectivity index (χ4n) is 2.33. The molecule has 0 amide bonds. The van der Waals surface area contributed by atoms with Crippen LogP contribution < -0.4 is 0 Å². The van der Waals surface area contributed by atoms with Gasteiger partial charge < -0.3 is 5.11 Å². The van der Waals surface area contributed by atoms with Crippen molar-refractivity contribution in [3.63, 3.8) is 0 Å². The molecule has 0 bridgehead atoms. The van der Waals surface area contributed by atoms with Gasteiger partial charge in [0.2, 0.25) is 0 Å². The molecule has 0 fully saturated rings. The molecule has 0 saturated carbocycles. The number of carbonyl (C=O) groups is 1. The molecule has 0 aliphatic heterocycles. The molecule has 2 nitrogen and oxygen atoms in total. The van der Waals surface area contributed by atoms with Crippen LogP contribution >= 0.6 is 11.6 Å². The number of halogens is 1. The first kappa shape index (κ1) is 15.2. The van der Waals surface area contributed by atoms with E-state index >= 15 is 0 Å². The summed E-state index contributed by atoms with van der Waals surface area (Å²) in [4.78, 5) is 11.8. The number of carbonyl (C=O) groups excluding carboxylic acids is 1. The summed E-state index contributed by atoms with van der Waals surface area (Å²) in [5.74, 6) is 0.322. The van der Waals surface area contributed by atoms with Crippen LogP contribution in [-0.2, 0) is 4.79 Å². The second-order valence-electron chi connectivity index (χ2n) is 5.44. The Labute approximate surface area is 114 Å². The van der Waals surface area contributed by atoms with Gasteiger partial charge in [-0.2, -0.15) is 0 Å². The fraction of sp³-hybridized carbons (Fsp3) is 0.533. The van der Waals surface area contributed by atoms with E-state index in [-0.39, 0.29) is 11.2 Å². The maximum absolute atomic E-state index is 11.8. The summed E-state index contributed by atoms with van der Waals surface area (Å²) in [6.07, 6.45) is 5.46. The van der Waals surface area contributed by atoms with Crippen molar-refractivity contribution in [2.75, 3.05) is 5.88 Å². The third-order valence-electron chi connectivity index (χ3n) is 3.42. The maximum Gasteiger partial charge on any atom is 0.187 e. The van der Waals surface area contributed by atoms with Gasteiger partial charge in [0.1, 0.15) is 6.10 Å². The average Bonchev–Trinajstić information content (AvgIpc) is 2.25. The van der Waals surface area contributed by atoms with E-state index in [1.54, 1.807) is 6.92 Å². The summed E-state index contributed by atoms with van der Waals surface area (Å²) in [6, 6.07) is 0. The minimum atomic E-state index is -0.864. The minimum absolute atomic E-state index is 0.159. The summed E-state index contributed by atoms with van der Waals surface area (Å²) in [7, 11) is 0. The first-order valence-electron chi connectivity index (χ1n) is 6.14. The molecular weight excluding hydrogens is 248 g/mol. The number of rotatable bonds is 3. The first-order valence-corrected chi connectivity index (χ1v) is 6.67. The van der Waals surface area contributed by atoms with E-state index in [4.69, 9.17) is 11.6 Å². The minimum Gasteiger partial charge on any atom is -0.385 e. The Hall–Kier alpha value is -0.860. The van der Waals surface area contributed by atoms with Crippen LogP contribution in [0.25, 0.3) is 0 Å². The highest BCUT2D eigenvalue weighted by Gasteiger charge is 2.36. The van der Waals surface area contributed by atoms with Crippen LogP contribution in [0.2, 0.25) is 0 Å². The zero-order valence-electron chi connectivity index (χ0n) is 11.5. The predicted octanol–water partition coefficient (Wildman–Crippen LogP) is 3.40. The fourth-order valence-corrected chi connectivity index (χ4v) is 2.57. The highest BCUT2D eigenvalue weighted by molar-refractivity contribution is 6.18. The molecule has 1 unspecified atom stereocenters. The number of hydrogen-bond acceptors (Lipinski definition) is 2. The molecule has 100 valence electrons. The quantitative estimate of drug-likeness (QED) is 0.629. The molecule has 0 aromatic carbocycles. The topological polar surface area (TPSA) is 37.3 Å². The van der Waals surface area contributed by atoms with Crippen LogP contribution in [-0.4, -0.2) is 22.9 Å². The van der Waals surface area contributed by atoms with E-state index < -0.39 is 6.10 Å². The van der Waals surface area contributed by atoms with Gasteiger partial charge in [-0.25, -0.2) is 0 Å². The molecule has 3 heteroatoms. The second kappa shape index (κ2) is 5.85. The Kier molecular flexibility index (Phi) is 4.94. The molecule has 1 atom stereocenters. The number of alkyl halides is 1. The SMILES string of the molecule is CC1=C(/C=C/C(C)=C/CCl)C(C)(C)CC(O)C1=O. The number of allylic oxidation sites excluding steroid dienone is 5. The van der Waals surface area contributed by atoms with Crippen LogP contribution in [0.15, 0.2) is 34.9 Å². The van der Waals surface area contributed by atoms with Gasteiger partial charge in [-0.1, -0.05) is 37.6 Å². The van der Waals surface area contributed by atoms with E-state index in [9.17, 15) is 9.90 Å². The van der Waals surface area contributed by atoms with Crippen LogP contribution in [0.3, 0.4) is 0 Å². The molecule has 1 rings (SSSR count). The van der Waals surface area contributed by atoms with Gasteiger partial charge in [0.25, 0.3) is 0 Å². The highest BCUT2D eigenvalue weighted by atomic mass is 35.5. The molecule has 18 heavy (non-hydrogen) atoms. The highest BCUT2D eigenvalue weighted by Crippen LogP contribution is 2.39. The van der Waals surface area contributed by atoms with E-state index in [0.717, 1.165) is 11.1 Å². The van der Waals surface area contributed by atoms with E-state index in [1.807, 2.05) is 39.0 Å². The zero-order valence-corrected chi connectivity index (χ0v) is 12.2. The summed E-state index contributed by atoms with van der Waals surface area (Å²) < 4.78 is 0. The standard InChI is InChI=1S/C15H21ClO2/c1-10(7-8-16)5-6-12-11(2)14(18)13(17)9-15(12,3)4/h5-7,13,17H,8-9H2,1-4H3/b6-5+,10-7+. The maximum atomic E-state index is 11.8. The van der Waals surface area contributed by atoms with Gasteiger partial charge in [0, 0.05) is 5.88 Å². The van der Waals surface area contributed by atoms with Crippen LogP contribution in [0.5, 0.6) is 0 Å². The van der Waals surface area contributed by atoms with E-state index in [0.29, 0.717) is 17.9 Å². The van der Waals surface area contributed by atoms with Crippen molar-refractivity contribution in [1.29, 1.82) is 0 Å². The van der Waals surface area contributed by atoms with Crippen LogP contribution in [0.4, 0.5) is 0 Å². The molecular formula is C15H21ClO2. The Balaban J connectivity index is 3.11. The molecule has 1 aliphatic carbocycles. The number of ketones is 1. The smallest absolute Gasteiger partial charge is 0.187 e. The Morgan fingerprint density at radius 1 is 1.56 bits per heavy atom. The van der Waals surface area contributed by atoms with Crippen molar-refractivity contribution in [3.05, 3.63) is 34.9 Å². The van der Waals surface area contributed by atoms with Gasteiger partial charge >= 0.3 is 0 Å². The number of aliphatic hydroxyl groups is 1. The monoisotopic (exact) mass is 268 g/mol. The van der Waals surface area contributed by atoms with E-state index in [2.05, 4.69) is 0 Å². The molecule has 0 aromatic heterocycles. The lowest BCUT2D eigenvalue weighted by Crippen LogP contribution is -2.35. The largest absolute Gasteiger partial charge is 0.385 e. The predicted molar refractivity (Wildman–Crippen MR) is 75.7 cm³/mol. The van der Waals surface area contributed by atoms with Gasteiger partial charge in [0.05, 0.1) is 0 Å². The van der Waals surface area contributed by atoms with Gasteiger partial charge in [-0.15, -0.1) is 11.6 Å².